The highest BCUT2D eigenvalue weighted by molar-refractivity contribution is 7.22. The number of aromatic nitrogens is 1. The summed E-state index contributed by atoms with van der Waals surface area (Å²) < 4.78 is 5.07. The number of rotatable bonds is 8. The van der Waals surface area contributed by atoms with E-state index in [1.54, 1.807) is 0 Å². The molecule has 0 fully saturated rings. The predicted octanol–water partition coefficient (Wildman–Crippen LogP) is 22.9. The van der Waals surface area contributed by atoms with Crippen LogP contribution in [0.2, 0.25) is 0 Å². The maximum Gasteiger partial charge on any atom is 0.252 e. The van der Waals surface area contributed by atoms with Crippen molar-refractivity contribution >= 4 is 139 Å². The number of nitrogens with zero attached hydrogens (tertiary/aromatic N) is 4. The van der Waals surface area contributed by atoms with Gasteiger partial charge in [0, 0.05) is 69.7 Å². The van der Waals surface area contributed by atoms with E-state index < -0.39 is 0 Å². The molecule has 0 saturated carbocycles. The summed E-state index contributed by atoms with van der Waals surface area (Å²) in [6.45, 7) is 30.3. The molecule has 14 aromatic rings. The van der Waals surface area contributed by atoms with Gasteiger partial charge in [0.2, 0.25) is 0 Å². The molecular formula is C85H75BN4S2. The van der Waals surface area contributed by atoms with E-state index in [1.807, 2.05) is 22.7 Å². The monoisotopic (exact) mass is 1230 g/mol. The molecule has 2 aliphatic heterocycles. The lowest BCUT2D eigenvalue weighted by molar-refractivity contribution is 0.589. The Balaban J connectivity index is 0.970. The van der Waals surface area contributed by atoms with Crippen molar-refractivity contribution in [3.8, 4) is 26.6 Å². The molecule has 92 heavy (non-hydrogen) atoms. The van der Waals surface area contributed by atoms with Crippen LogP contribution in [0.3, 0.4) is 0 Å². The van der Waals surface area contributed by atoms with Crippen LogP contribution in [0, 0.1) is 48.5 Å². The van der Waals surface area contributed by atoms with E-state index in [-0.39, 0.29) is 17.5 Å². The second kappa shape index (κ2) is 21.3. The molecule has 3 aromatic heterocycles. The van der Waals surface area contributed by atoms with Gasteiger partial charge in [0.15, 0.2) is 0 Å². The number of anilines is 9. The van der Waals surface area contributed by atoms with Crippen molar-refractivity contribution in [3.63, 3.8) is 0 Å². The molecule has 0 bridgehead atoms. The zero-order chi connectivity index (χ0) is 63.4. The van der Waals surface area contributed by atoms with Crippen LogP contribution in [-0.2, 0) is 10.8 Å². The largest absolute Gasteiger partial charge is 0.311 e. The molecule has 0 saturated heterocycles. The van der Waals surface area contributed by atoms with Gasteiger partial charge in [0.05, 0.1) is 28.1 Å². The third-order valence-corrected chi connectivity index (χ3v) is 22.0. The van der Waals surface area contributed by atoms with Crippen molar-refractivity contribution in [1.29, 1.82) is 0 Å². The van der Waals surface area contributed by atoms with Crippen molar-refractivity contribution < 1.29 is 0 Å². The number of thiophene rings is 2. The molecule has 0 amide bonds. The average molecular weight is 1230 g/mol. The normalized spacial score (nSPS) is 13.0. The summed E-state index contributed by atoms with van der Waals surface area (Å²) in [5.74, 6) is 0. The summed E-state index contributed by atoms with van der Waals surface area (Å²) in [7, 11) is 0. The lowest BCUT2D eigenvalue weighted by Crippen LogP contribution is -2.61. The Morgan fingerprint density at radius 3 is 1.47 bits per heavy atom. The maximum absolute atomic E-state index is 2.68. The summed E-state index contributed by atoms with van der Waals surface area (Å²) in [5, 5.41) is 5.04. The first kappa shape index (κ1) is 57.7. The summed E-state index contributed by atoms with van der Waals surface area (Å²) in [4.78, 5) is 10.5. The van der Waals surface area contributed by atoms with Gasteiger partial charge < -0.3 is 19.3 Å². The number of aryl methyl sites for hydroxylation is 7. The van der Waals surface area contributed by atoms with Crippen LogP contribution in [0.15, 0.2) is 218 Å². The van der Waals surface area contributed by atoms with Crippen LogP contribution in [0.5, 0.6) is 0 Å². The van der Waals surface area contributed by atoms with E-state index >= 15 is 0 Å². The Bertz CT molecular complexity index is 5240. The van der Waals surface area contributed by atoms with Crippen LogP contribution in [0.1, 0.15) is 91.6 Å². The summed E-state index contributed by atoms with van der Waals surface area (Å²) in [6, 6.07) is 83.7. The molecule has 16 rings (SSSR count). The van der Waals surface area contributed by atoms with Gasteiger partial charge in [-0.05, 0) is 257 Å². The molecule has 7 heteroatoms. The third-order valence-electron chi connectivity index (χ3n) is 19.7. The Labute approximate surface area is 550 Å². The molecule has 4 nitrogen and oxygen atoms in total. The first-order valence-electron chi connectivity index (χ1n) is 32.5. The predicted molar refractivity (Wildman–Crippen MR) is 402 cm³/mol. The van der Waals surface area contributed by atoms with Crippen LogP contribution in [0.25, 0.3) is 68.5 Å². The molecule has 0 atom stereocenters. The third kappa shape index (κ3) is 9.28. The van der Waals surface area contributed by atoms with Gasteiger partial charge in [0.25, 0.3) is 6.71 Å². The van der Waals surface area contributed by atoms with Gasteiger partial charge >= 0.3 is 0 Å². The maximum atomic E-state index is 2.68. The summed E-state index contributed by atoms with van der Waals surface area (Å²) in [5.41, 5.74) is 31.8. The summed E-state index contributed by atoms with van der Waals surface area (Å²) >= 11 is 3.76. The van der Waals surface area contributed by atoms with Gasteiger partial charge in [-0.25, -0.2) is 0 Å². The molecule has 0 unspecified atom stereocenters. The minimum atomic E-state index is -0.0994. The SMILES string of the molecule is Cc1cc2c3c(c1)N(c1c(C)cc(-c4cc5ccccc5s4)cc1C)c1cc(N(c4ccc5c6ccccc6n(-c6ccccc6)c5c4)c4c(C)cc(C(C)(C)C)cc4C)ccc1B3c1cc(C(C)(C)C)ccc1N2c1c(C)cc(-c2cc3ccccc3s2)cc1C. The zero-order valence-corrected chi connectivity index (χ0v) is 56.6. The van der Waals surface area contributed by atoms with Gasteiger partial charge in [-0.3, -0.25) is 0 Å². The van der Waals surface area contributed by atoms with Gasteiger partial charge in [-0.15, -0.1) is 22.7 Å². The smallest absolute Gasteiger partial charge is 0.252 e. The quantitative estimate of drug-likeness (QED) is 0.141. The number of hydrogen-bond acceptors (Lipinski definition) is 5. The molecule has 0 N–H and O–H groups in total. The van der Waals surface area contributed by atoms with Crippen molar-refractivity contribution in [3.05, 3.63) is 268 Å². The fourth-order valence-corrected chi connectivity index (χ4v) is 17.6. The van der Waals surface area contributed by atoms with Crippen LogP contribution < -0.4 is 31.1 Å². The van der Waals surface area contributed by atoms with Gasteiger partial charge in [-0.2, -0.15) is 0 Å². The van der Waals surface area contributed by atoms with Crippen LogP contribution >= 0.6 is 22.7 Å². The molecule has 0 radical (unpaired) electrons. The Kier molecular flexibility index (Phi) is 13.4. The highest BCUT2D eigenvalue weighted by Gasteiger charge is 2.45. The number of benzene rings is 11. The van der Waals surface area contributed by atoms with E-state index in [4.69, 9.17) is 0 Å². The molecule has 450 valence electrons. The molecule has 2 aliphatic rings. The Morgan fingerprint density at radius 1 is 0.380 bits per heavy atom. The Hall–Kier alpha value is -9.40. The number of hydrogen-bond donors (Lipinski definition) is 0. The second-order valence-corrected chi connectivity index (χ2v) is 30.4. The van der Waals surface area contributed by atoms with Crippen LogP contribution in [0.4, 0.5) is 51.2 Å². The van der Waals surface area contributed by atoms with Crippen molar-refractivity contribution in [1.82, 2.24) is 4.57 Å². The van der Waals surface area contributed by atoms with Gasteiger partial charge in [0.1, 0.15) is 0 Å². The topological polar surface area (TPSA) is 14.7 Å². The van der Waals surface area contributed by atoms with E-state index in [2.05, 4.69) is 328 Å². The fraction of sp³-hybridized carbons (Fsp3) is 0.176. The molecular weight excluding hydrogens is 1150 g/mol. The average Bonchev–Trinajstić information content (AvgIpc) is 0.899. The highest BCUT2D eigenvalue weighted by atomic mass is 32.1. The zero-order valence-electron chi connectivity index (χ0n) is 55.0. The fourth-order valence-electron chi connectivity index (χ4n) is 15.5. The lowest BCUT2D eigenvalue weighted by atomic mass is 9.33. The molecule has 5 heterocycles. The number of para-hydroxylation sites is 2. The van der Waals surface area contributed by atoms with E-state index in [1.165, 1.54) is 169 Å². The summed E-state index contributed by atoms with van der Waals surface area (Å²) in [6.07, 6.45) is 0. The second-order valence-electron chi connectivity index (χ2n) is 28.2. The minimum absolute atomic E-state index is 0.0351. The number of fused-ring (bicyclic) bond motifs is 9. The van der Waals surface area contributed by atoms with Crippen molar-refractivity contribution in [2.45, 2.75) is 101 Å². The first-order valence-corrected chi connectivity index (χ1v) is 34.1. The van der Waals surface area contributed by atoms with E-state index in [9.17, 15) is 0 Å². The first-order chi connectivity index (χ1) is 44.2. The molecule has 0 spiro atoms. The van der Waals surface area contributed by atoms with Crippen molar-refractivity contribution in [2.75, 3.05) is 14.7 Å². The van der Waals surface area contributed by atoms with E-state index in [0.717, 1.165) is 17.1 Å². The lowest BCUT2D eigenvalue weighted by Gasteiger charge is -2.46. The Morgan fingerprint density at radius 2 is 0.891 bits per heavy atom. The minimum Gasteiger partial charge on any atom is -0.311 e. The standard InChI is InChI=1S/C85H75BN4S2/c1-50-37-74-80-75(38-50)90(83-53(4)41-60(42-54(83)5)79-46-58-24-18-22-30-77(58)92-79)73-49-65(87(81-55(6)43-62(44-56(81)7)85(11,12)13)64-32-34-67-66-27-19-20-28-70(66)88(72(67)48-64)63-25-15-14-16-26-63)33-35-68(73)86(80)69-47-61(84(8,9)10)31-36-71(69)89(74)82-51(2)39-59(40-52(82)3)78-45-57-23-17-21-29-76(57)91-78/h14-49H,1-13H3. The molecule has 0 aliphatic carbocycles. The highest BCUT2D eigenvalue weighted by Crippen LogP contribution is 2.52. The van der Waals surface area contributed by atoms with E-state index in [0.29, 0.717) is 0 Å². The van der Waals surface area contributed by atoms with Crippen LogP contribution in [-0.4, -0.2) is 11.3 Å². The van der Waals surface area contributed by atoms with Crippen molar-refractivity contribution in [2.24, 2.45) is 0 Å². The molecule has 11 aromatic carbocycles. The van der Waals surface area contributed by atoms with Gasteiger partial charge in [-0.1, -0.05) is 151 Å².